The fraction of sp³-hybridized carbons (Fsp3) is 0.889. The van der Waals surface area contributed by atoms with E-state index >= 15 is 0 Å². The second kappa shape index (κ2) is 4.09. The highest BCUT2D eigenvalue weighted by Crippen LogP contribution is 2.23. The number of hydrogen-bond donors (Lipinski definition) is 1. The van der Waals surface area contributed by atoms with E-state index in [9.17, 15) is 13.2 Å². The van der Waals surface area contributed by atoms with Crippen LogP contribution in [0.15, 0.2) is 0 Å². The number of ether oxygens (including phenoxy) is 1. The molecule has 15 heavy (non-hydrogen) atoms. The number of hydrogen-bond acceptors (Lipinski definition) is 4. The van der Waals surface area contributed by atoms with Gasteiger partial charge in [-0.2, -0.15) is 0 Å². The van der Waals surface area contributed by atoms with Crippen LogP contribution in [-0.2, 0) is 19.4 Å². The van der Waals surface area contributed by atoms with Crippen LogP contribution < -0.4 is 5.32 Å². The Kier molecular flexibility index (Phi) is 2.97. The molecule has 2 saturated heterocycles. The van der Waals surface area contributed by atoms with E-state index in [1.54, 1.807) is 0 Å². The van der Waals surface area contributed by atoms with Crippen molar-refractivity contribution in [2.24, 2.45) is 5.92 Å². The van der Waals surface area contributed by atoms with Gasteiger partial charge in [-0.3, -0.25) is 4.79 Å². The maximum absolute atomic E-state index is 11.4. The molecule has 2 aliphatic heterocycles. The van der Waals surface area contributed by atoms with E-state index < -0.39 is 9.84 Å². The minimum absolute atomic E-state index is 0.0457. The largest absolute Gasteiger partial charge is 0.366 e. The van der Waals surface area contributed by atoms with E-state index in [0.717, 1.165) is 6.42 Å². The SMILES string of the molecule is O=C1COC(C2CCCS(=O)(=O)C2)CN1. The molecule has 0 aliphatic carbocycles. The van der Waals surface area contributed by atoms with E-state index in [-0.39, 0.29) is 30.3 Å². The molecule has 0 saturated carbocycles. The fourth-order valence-corrected chi connectivity index (χ4v) is 3.97. The zero-order valence-electron chi connectivity index (χ0n) is 8.44. The number of carbonyl (C=O) groups excluding carboxylic acids is 1. The molecule has 2 rings (SSSR count). The van der Waals surface area contributed by atoms with Gasteiger partial charge in [0.15, 0.2) is 9.84 Å². The Morgan fingerprint density at radius 1 is 1.40 bits per heavy atom. The summed E-state index contributed by atoms with van der Waals surface area (Å²) >= 11 is 0. The number of morpholine rings is 1. The smallest absolute Gasteiger partial charge is 0.246 e. The van der Waals surface area contributed by atoms with Crippen LogP contribution >= 0.6 is 0 Å². The van der Waals surface area contributed by atoms with Crippen molar-refractivity contribution in [2.45, 2.75) is 18.9 Å². The van der Waals surface area contributed by atoms with E-state index in [4.69, 9.17) is 4.74 Å². The summed E-state index contributed by atoms with van der Waals surface area (Å²) in [6, 6.07) is 0. The molecule has 0 aromatic rings. The third-order valence-corrected chi connectivity index (χ3v) is 4.80. The summed E-state index contributed by atoms with van der Waals surface area (Å²) in [5.74, 6) is 0.421. The molecular formula is C9H15NO4S. The van der Waals surface area contributed by atoms with Gasteiger partial charge >= 0.3 is 0 Å². The normalized spacial score (nSPS) is 35.9. The van der Waals surface area contributed by atoms with Gasteiger partial charge in [-0.25, -0.2) is 8.42 Å². The minimum Gasteiger partial charge on any atom is -0.366 e. The molecule has 0 aromatic carbocycles. The molecule has 0 bridgehead atoms. The molecule has 1 amide bonds. The second-order valence-corrected chi connectivity index (χ2v) is 6.40. The Bertz CT molecular complexity index is 341. The summed E-state index contributed by atoms with van der Waals surface area (Å²) in [7, 11) is -2.89. The van der Waals surface area contributed by atoms with Crippen molar-refractivity contribution in [2.75, 3.05) is 24.7 Å². The number of carbonyl (C=O) groups is 1. The molecule has 0 aromatic heterocycles. The Morgan fingerprint density at radius 3 is 2.80 bits per heavy atom. The summed E-state index contributed by atoms with van der Waals surface area (Å²) in [6.45, 7) is 0.500. The van der Waals surface area contributed by atoms with Gasteiger partial charge in [0.1, 0.15) is 6.61 Å². The topological polar surface area (TPSA) is 72.5 Å². The monoisotopic (exact) mass is 233 g/mol. The first-order valence-corrected chi connectivity index (χ1v) is 6.98. The third-order valence-electron chi connectivity index (χ3n) is 2.95. The average Bonchev–Trinajstić information content (AvgIpc) is 2.17. The number of nitrogens with one attached hydrogen (secondary N) is 1. The van der Waals surface area contributed by atoms with Crippen LogP contribution in [0, 0.1) is 5.92 Å². The highest BCUT2D eigenvalue weighted by molar-refractivity contribution is 7.91. The van der Waals surface area contributed by atoms with E-state index in [1.807, 2.05) is 0 Å². The standard InChI is InChI=1S/C9H15NO4S/c11-9-5-14-8(4-10-9)7-2-1-3-15(12,13)6-7/h7-8H,1-6H2,(H,10,11). The summed E-state index contributed by atoms with van der Waals surface area (Å²) in [5, 5.41) is 2.70. The molecule has 0 spiro atoms. The summed E-state index contributed by atoms with van der Waals surface area (Å²) in [6.07, 6.45) is 1.46. The van der Waals surface area contributed by atoms with E-state index in [1.165, 1.54) is 0 Å². The van der Waals surface area contributed by atoms with Gasteiger partial charge in [0.2, 0.25) is 5.91 Å². The molecule has 2 aliphatic rings. The third kappa shape index (κ3) is 2.69. The van der Waals surface area contributed by atoms with Crippen molar-refractivity contribution >= 4 is 15.7 Å². The van der Waals surface area contributed by atoms with Crippen molar-refractivity contribution in [1.82, 2.24) is 5.32 Å². The van der Waals surface area contributed by atoms with Crippen molar-refractivity contribution in [3.63, 3.8) is 0 Å². The van der Waals surface area contributed by atoms with Gasteiger partial charge in [0.25, 0.3) is 0 Å². The second-order valence-electron chi connectivity index (χ2n) is 4.17. The summed E-state index contributed by atoms with van der Waals surface area (Å²) in [5.41, 5.74) is 0. The van der Waals surface area contributed by atoms with Gasteiger partial charge in [0.05, 0.1) is 17.6 Å². The van der Waals surface area contributed by atoms with Crippen molar-refractivity contribution in [3.05, 3.63) is 0 Å². The predicted molar refractivity (Wildman–Crippen MR) is 54.1 cm³/mol. The van der Waals surface area contributed by atoms with Gasteiger partial charge < -0.3 is 10.1 Å². The predicted octanol–water partition coefficient (Wildman–Crippen LogP) is -0.674. The lowest BCUT2D eigenvalue weighted by atomic mass is 9.98. The van der Waals surface area contributed by atoms with Crippen molar-refractivity contribution < 1.29 is 17.9 Å². The Morgan fingerprint density at radius 2 is 2.20 bits per heavy atom. The fourth-order valence-electron chi connectivity index (χ4n) is 2.16. The average molecular weight is 233 g/mol. The maximum Gasteiger partial charge on any atom is 0.246 e. The molecule has 2 heterocycles. The molecule has 5 nitrogen and oxygen atoms in total. The van der Waals surface area contributed by atoms with Crippen LogP contribution in [0.1, 0.15) is 12.8 Å². The highest BCUT2D eigenvalue weighted by atomic mass is 32.2. The lowest BCUT2D eigenvalue weighted by molar-refractivity contribution is -0.135. The van der Waals surface area contributed by atoms with Crippen LogP contribution in [-0.4, -0.2) is 45.1 Å². The number of sulfone groups is 1. The quantitative estimate of drug-likeness (QED) is 0.651. The Balaban J connectivity index is 1.96. The minimum atomic E-state index is -2.89. The first-order valence-electron chi connectivity index (χ1n) is 5.15. The zero-order chi connectivity index (χ0) is 10.9. The first kappa shape index (κ1) is 10.9. The van der Waals surface area contributed by atoms with Crippen LogP contribution in [0.3, 0.4) is 0 Å². The molecule has 1 N–H and O–H groups in total. The summed E-state index contributed by atoms with van der Waals surface area (Å²) < 4.78 is 28.2. The lowest BCUT2D eigenvalue weighted by Crippen LogP contribution is -2.48. The van der Waals surface area contributed by atoms with Crippen LogP contribution in [0.4, 0.5) is 0 Å². The zero-order valence-corrected chi connectivity index (χ0v) is 9.26. The van der Waals surface area contributed by atoms with E-state index in [2.05, 4.69) is 5.32 Å². The van der Waals surface area contributed by atoms with Crippen molar-refractivity contribution in [1.29, 1.82) is 0 Å². The van der Waals surface area contributed by atoms with Crippen LogP contribution in [0.5, 0.6) is 0 Å². The molecular weight excluding hydrogens is 218 g/mol. The molecule has 6 heteroatoms. The van der Waals surface area contributed by atoms with Gasteiger partial charge in [0, 0.05) is 12.5 Å². The first-order chi connectivity index (χ1) is 7.07. The molecule has 2 unspecified atom stereocenters. The van der Waals surface area contributed by atoms with Crippen molar-refractivity contribution in [3.8, 4) is 0 Å². The molecule has 86 valence electrons. The Hall–Kier alpha value is -0.620. The lowest BCUT2D eigenvalue weighted by Gasteiger charge is -2.32. The molecule has 2 fully saturated rings. The van der Waals surface area contributed by atoms with Gasteiger partial charge in [-0.1, -0.05) is 0 Å². The van der Waals surface area contributed by atoms with Gasteiger partial charge in [-0.15, -0.1) is 0 Å². The van der Waals surface area contributed by atoms with Crippen LogP contribution in [0.25, 0.3) is 0 Å². The van der Waals surface area contributed by atoms with Crippen LogP contribution in [0.2, 0.25) is 0 Å². The highest BCUT2D eigenvalue weighted by Gasteiger charge is 2.33. The molecule has 0 radical (unpaired) electrons. The number of amides is 1. The maximum atomic E-state index is 11.4. The van der Waals surface area contributed by atoms with E-state index in [0.29, 0.717) is 18.7 Å². The summed E-state index contributed by atoms with van der Waals surface area (Å²) in [4.78, 5) is 10.9. The molecule has 2 atom stereocenters. The Labute approximate surface area is 89.1 Å². The number of rotatable bonds is 1. The van der Waals surface area contributed by atoms with Gasteiger partial charge in [-0.05, 0) is 12.8 Å².